The van der Waals surface area contributed by atoms with Gasteiger partial charge in [0, 0.05) is 13.1 Å². The van der Waals surface area contributed by atoms with Crippen molar-refractivity contribution in [2.45, 2.75) is 25.3 Å². The van der Waals surface area contributed by atoms with Crippen LogP contribution in [-0.4, -0.2) is 36.8 Å². The van der Waals surface area contributed by atoms with E-state index in [1.165, 1.54) is 11.6 Å². The Labute approximate surface area is 178 Å². The molecule has 3 aromatic carbocycles. The summed E-state index contributed by atoms with van der Waals surface area (Å²) in [5, 5.41) is 9.53. The fourth-order valence-corrected chi connectivity index (χ4v) is 3.88. The van der Waals surface area contributed by atoms with E-state index in [2.05, 4.69) is 23.1 Å². The Morgan fingerprint density at radius 2 is 1.70 bits per heavy atom. The number of benzene rings is 3. The first-order valence-corrected chi connectivity index (χ1v) is 10.4. The second kappa shape index (κ2) is 11.5. The van der Waals surface area contributed by atoms with E-state index in [4.69, 9.17) is 4.74 Å². The molecule has 0 unspecified atom stereocenters. The highest BCUT2D eigenvalue weighted by molar-refractivity contribution is 5.35. The summed E-state index contributed by atoms with van der Waals surface area (Å²) in [7, 11) is 1.68. The van der Waals surface area contributed by atoms with Crippen LogP contribution in [0.1, 0.15) is 29.0 Å². The molecule has 3 nitrogen and oxygen atoms in total. The van der Waals surface area contributed by atoms with Gasteiger partial charge in [-0.25, -0.2) is 4.39 Å². The van der Waals surface area contributed by atoms with Crippen LogP contribution in [0.5, 0.6) is 5.75 Å². The van der Waals surface area contributed by atoms with Crippen LogP contribution in [0.15, 0.2) is 78.9 Å². The van der Waals surface area contributed by atoms with Gasteiger partial charge in [0.15, 0.2) is 0 Å². The quantitative estimate of drug-likeness (QED) is 0.483. The summed E-state index contributed by atoms with van der Waals surface area (Å²) in [6, 6.07) is 25.2. The lowest BCUT2D eigenvalue weighted by Gasteiger charge is -2.25. The highest BCUT2D eigenvalue weighted by atomic mass is 19.1. The van der Waals surface area contributed by atoms with Crippen LogP contribution in [0.4, 0.5) is 4.39 Å². The molecule has 0 aliphatic heterocycles. The fraction of sp³-hybridized carbons (Fsp3) is 0.308. The molecular formula is C26H30FNO2. The summed E-state index contributed by atoms with van der Waals surface area (Å²) in [5.41, 5.74) is 3.33. The highest BCUT2D eigenvalue weighted by Gasteiger charge is 2.17. The molecule has 0 amide bonds. The summed E-state index contributed by atoms with van der Waals surface area (Å²) >= 11 is 0. The van der Waals surface area contributed by atoms with Gasteiger partial charge in [-0.15, -0.1) is 0 Å². The lowest BCUT2D eigenvalue weighted by Crippen LogP contribution is -2.29. The number of rotatable bonds is 11. The Hall–Kier alpha value is -2.69. The van der Waals surface area contributed by atoms with Crippen molar-refractivity contribution in [1.82, 2.24) is 4.90 Å². The molecule has 0 aromatic heterocycles. The van der Waals surface area contributed by atoms with Crippen molar-refractivity contribution in [2.75, 3.05) is 26.8 Å². The number of hydrogen-bond donors (Lipinski definition) is 1. The van der Waals surface area contributed by atoms with Crippen molar-refractivity contribution >= 4 is 0 Å². The van der Waals surface area contributed by atoms with E-state index in [9.17, 15) is 9.50 Å². The molecule has 3 rings (SSSR count). The Balaban J connectivity index is 1.77. The Kier molecular flexibility index (Phi) is 8.42. The summed E-state index contributed by atoms with van der Waals surface area (Å²) < 4.78 is 19.5. The summed E-state index contributed by atoms with van der Waals surface area (Å²) in [6.07, 6.45) is 1.63. The molecule has 0 heterocycles. The number of halogens is 1. The molecule has 0 radical (unpaired) electrons. The Morgan fingerprint density at radius 1 is 0.933 bits per heavy atom. The van der Waals surface area contributed by atoms with Crippen molar-refractivity contribution < 1.29 is 14.2 Å². The van der Waals surface area contributed by atoms with Crippen LogP contribution in [0.3, 0.4) is 0 Å². The minimum Gasteiger partial charge on any atom is -0.496 e. The van der Waals surface area contributed by atoms with E-state index in [0.717, 1.165) is 42.8 Å². The van der Waals surface area contributed by atoms with Crippen LogP contribution in [-0.2, 0) is 13.0 Å². The molecule has 4 heteroatoms. The summed E-state index contributed by atoms with van der Waals surface area (Å²) in [4.78, 5) is 2.25. The van der Waals surface area contributed by atoms with Gasteiger partial charge in [-0.2, -0.15) is 0 Å². The number of methoxy groups -OCH3 is 1. The van der Waals surface area contributed by atoms with E-state index >= 15 is 0 Å². The monoisotopic (exact) mass is 407 g/mol. The smallest absolute Gasteiger partial charge is 0.123 e. The first-order chi connectivity index (χ1) is 14.7. The SMILES string of the molecule is COc1ccccc1C[C@H](CCN(CCO)Cc1ccccc1)c1cccc(F)c1. The zero-order valence-electron chi connectivity index (χ0n) is 17.5. The lowest BCUT2D eigenvalue weighted by molar-refractivity contribution is 0.185. The second-order valence-electron chi connectivity index (χ2n) is 7.54. The van der Waals surface area contributed by atoms with Crippen molar-refractivity contribution in [3.63, 3.8) is 0 Å². The minimum absolute atomic E-state index is 0.115. The molecule has 1 N–H and O–H groups in total. The van der Waals surface area contributed by atoms with Crippen LogP contribution in [0.25, 0.3) is 0 Å². The first kappa shape index (κ1) is 22.0. The molecule has 0 aliphatic carbocycles. The van der Waals surface area contributed by atoms with Crippen molar-refractivity contribution in [2.24, 2.45) is 0 Å². The van der Waals surface area contributed by atoms with Crippen molar-refractivity contribution in [3.05, 3.63) is 101 Å². The number of hydrogen-bond acceptors (Lipinski definition) is 3. The lowest BCUT2D eigenvalue weighted by atomic mass is 9.88. The van der Waals surface area contributed by atoms with Crippen LogP contribution >= 0.6 is 0 Å². The molecule has 30 heavy (non-hydrogen) atoms. The van der Waals surface area contributed by atoms with Crippen LogP contribution < -0.4 is 4.74 Å². The average Bonchev–Trinajstić information content (AvgIpc) is 2.77. The molecule has 3 aromatic rings. The maximum absolute atomic E-state index is 14.0. The number of aliphatic hydroxyl groups is 1. The van der Waals surface area contributed by atoms with Gasteiger partial charge in [0.1, 0.15) is 11.6 Å². The maximum Gasteiger partial charge on any atom is 0.123 e. The molecule has 0 saturated carbocycles. The first-order valence-electron chi connectivity index (χ1n) is 10.4. The number of aliphatic hydroxyl groups excluding tert-OH is 1. The second-order valence-corrected chi connectivity index (χ2v) is 7.54. The normalized spacial score (nSPS) is 12.1. The minimum atomic E-state index is -0.214. The molecule has 0 spiro atoms. The maximum atomic E-state index is 14.0. The third-order valence-corrected chi connectivity index (χ3v) is 5.44. The standard InChI is InChI=1S/C26H30FNO2/c1-30-26-13-6-5-10-24(26)18-23(22-11-7-12-25(27)19-22)14-15-28(16-17-29)20-21-8-3-2-4-9-21/h2-13,19,23,29H,14-18,20H2,1H3/t23-/m0/s1. The van der Waals surface area contributed by atoms with Gasteiger partial charge in [-0.1, -0.05) is 60.7 Å². The summed E-state index contributed by atoms with van der Waals surface area (Å²) in [6.45, 7) is 2.32. The zero-order chi connectivity index (χ0) is 21.2. The molecule has 1 atom stereocenters. The predicted octanol–water partition coefficient (Wildman–Crippen LogP) is 5.05. The van der Waals surface area contributed by atoms with Gasteiger partial charge in [0.2, 0.25) is 0 Å². The van der Waals surface area contributed by atoms with Gasteiger partial charge >= 0.3 is 0 Å². The molecular weight excluding hydrogens is 377 g/mol. The van der Waals surface area contributed by atoms with Gasteiger partial charge in [0.05, 0.1) is 13.7 Å². The van der Waals surface area contributed by atoms with E-state index in [-0.39, 0.29) is 18.3 Å². The van der Waals surface area contributed by atoms with E-state index in [1.807, 2.05) is 42.5 Å². The molecule has 0 aliphatic rings. The number of ether oxygens (including phenoxy) is 1. The molecule has 0 fully saturated rings. The highest BCUT2D eigenvalue weighted by Crippen LogP contribution is 2.29. The zero-order valence-corrected chi connectivity index (χ0v) is 17.5. The topological polar surface area (TPSA) is 32.7 Å². The van der Waals surface area contributed by atoms with Crippen LogP contribution in [0.2, 0.25) is 0 Å². The van der Waals surface area contributed by atoms with E-state index in [1.54, 1.807) is 19.2 Å². The van der Waals surface area contributed by atoms with Crippen LogP contribution in [0, 0.1) is 5.82 Å². The van der Waals surface area contributed by atoms with E-state index in [0.29, 0.717) is 6.54 Å². The largest absolute Gasteiger partial charge is 0.496 e. The van der Waals surface area contributed by atoms with Gasteiger partial charge in [0.25, 0.3) is 0 Å². The van der Waals surface area contributed by atoms with E-state index < -0.39 is 0 Å². The molecule has 0 saturated heterocycles. The number of para-hydroxylation sites is 1. The fourth-order valence-electron chi connectivity index (χ4n) is 3.88. The Bertz CT molecular complexity index is 900. The van der Waals surface area contributed by atoms with Gasteiger partial charge in [-0.05, 0) is 60.2 Å². The Morgan fingerprint density at radius 3 is 2.43 bits per heavy atom. The van der Waals surface area contributed by atoms with Gasteiger partial charge in [-0.3, -0.25) is 4.90 Å². The molecule has 0 bridgehead atoms. The van der Waals surface area contributed by atoms with Crippen molar-refractivity contribution in [3.8, 4) is 5.75 Å². The third kappa shape index (κ3) is 6.41. The predicted molar refractivity (Wildman–Crippen MR) is 119 cm³/mol. The molecule has 158 valence electrons. The van der Waals surface area contributed by atoms with Gasteiger partial charge < -0.3 is 9.84 Å². The third-order valence-electron chi connectivity index (χ3n) is 5.44. The summed E-state index contributed by atoms with van der Waals surface area (Å²) in [5.74, 6) is 0.790. The average molecular weight is 408 g/mol. The van der Waals surface area contributed by atoms with Crippen molar-refractivity contribution in [1.29, 1.82) is 0 Å². The number of nitrogens with zero attached hydrogens (tertiary/aromatic N) is 1.